The SMILES string of the molecule is CCN(C(=O)C1(C)CCNCC1)C1CCCCC1. The summed E-state index contributed by atoms with van der Waals surface area (Å²) >= 11 is 0. The molecule has 1 amide bonds. The number of piperidine rings is 1. The minimum Gasteiger partial charge on any atom is -0.340 e. The molecule has 2 fully saturated rings. The summed E-state index contributed by atoms with van der Waals surface area (Å²) in [5, 5.41) is 3.36. The van der Waals surface area contributed by atoms with E-state index in [1.165, 1.54) is 32.1 Å². The van der Waals surface area contributed by atoms with Crippen LogP contribution in [0.2, 0.25) is 0 Å². The van der Waals surface area contributed by atoms with Gasteiger partial charge in [0.2, 0.25) is 5.91 Å². The van der Waals surface area contributed by atoms with Crippen LogP contribution in [-0.2, 0) is 4.79 Å². The van der Waals surface area contributed by atoms with Crippen molar-refractivity contribution in [3.63, 3.8) is 0 Å². The van der Waals surface area contributed by atoms with Crippen molar-refractivity contribution in [3.8, 4) is 0 Å². The van der Waals surface area contributed by atoms with Gasteiger partial charge in [-0.15, -0.1) is 0 Å². The average molecular weight is 252 g/mol. The van der Waals surface area contributed by atoms with Crippen molar-refractivity contribution in [1.82, 2.24) is 10.2 Å². The molecule has 3 heteroatoms. The molecule has 1 heterocycles. The van der Waals surface area contributed by atoms with Crippen LogP contribution in [0.5, 0.6) is 0 Å². The van der Waals surface area contributed by atoms with E-state index in [1.54, 1.807) is 0 Å². The van der Waals surface area contributed by atoms with E-state index >= 15 is 0 Å². The van der Waals surface area contributed by atoms with Crippen LogP contribution in [0.4, 0.5) is 0 Å². The quantitative estimate of drug-likeness (QED) is 0.837. The van der Waals surface area contributed by atoms with Gasteiger partial charge in [0, 0.05) is 18.0 Å². The highest BCUT2D eigenvalue weighted by Crippen LogP contribution is 2.33. The number of carbonyl (C=O) groups is 1. The van der Waals surface area contributed by atoms with Crippen molar-refractivity contribution in [3.05, 3.63) is 0 Å². The van der Waals surface area contributed by atoms with Crippen molar-refractivity contribution in [2.45, 2.75) is 64.8 Å². The van der Waals surface area contributed by atoms with Gasteiger partial charge in [-0.2, -0.15) is 0 Å². The van der Waals surface area contributed by atoms with Crippen molar-refractivity contribution in [2.24, 2.45) is 5.41 Å². The molecule has 1 aliphatic heterocycles. The second-order valence-corrected chi connectivity index (χ2v) is 6.19. The van der Waals surface area contributed by atoms with Gasteiger partial charge in [-0.25, -0.2) is 0 Å². The third-order valence-electron chi connectivity index (χ3n) is 4.84. The Kier molecular flexibility index (Phi) is 4.66. The standard InChI is InChI=1S/C15H28N2O/c1-3-17(13-7-5-4-6-8-13)14(18)15(2)9-11-16-12-10-15/h13,16H,3-12H2,1-2H3. The number of nitrogens with one attached hydrogen (secondary N) is 1. The zero-order valence-corrected chi connectivity index (χ0v) is 12.0. The van der Waals surface area contributed by atoms with Gasteiger partial charge < -0.3 is 10.2 Å². The molecule has 1 N–H and O–H groups in total. The molecule has 0 aromatic rings. The molecule has 0 aromatic heterocycles. The van der Waals surface area contributed by atoms with E-state index in [1.807, 2.05) is 0 Å². The highest BCUT2D eigenvalue weighted by molar-refractivity contribution is 5.82. The lowest BCUT2D eigenvalue weighted by Gasteiger charge is -2.41. The molecule has 0 radical (unpaired) electrons. The van der Waals surface area contributed by atoms with Gasteiger partial charge in [0.25, 0.3) is 0 Å². The number of amides is 1. The van der Waals surface area contributed by atoms with Gasteiger partial charge >= 0.3 is 0 Å². The molecular formula is C15H28N2O. The fraction of sp³-hybridized carbons (Fsp3) is 0.933. The molecule has 18 heavy (non-hydrogen) atoms. The molecule has 0 bridgehead atoms. The first kappa shape index (κ1) is 13.9. The van der Waals surface area contributed by atoms with Crippen LogP contribution in [-0.4, -0.2) is 36.5 Å². The third-order valence-corrected chi connectivity index (χ3v) is 4.84. The highest BCUT2D eigenvalue weighted by Gasteiger charge is 2.39. The number of nitrogens with zero attached hydrogens (tertiary/aromatic N) is 1. The Morgan fingerprint density at radius 2 is 1.83 bits per heavy atom. The monoisotopic (exact) mass is 252 g/mol. The van der Waals surface area contributed by atoms with E-state index in [0.717, 1.165) is 32.5 Å². The summed E-state index contributed by atoms with van der Waals surface area (Å²) in [7, 11) is 0. The van der Waals surface area contributed by atoms with Crippen LogP contribution in [0.15, 0.2) is 0 Å². The first-order chi connectivity index (χ1) is 8.67. The van der Waals surface area contributed by atoms with E-state index in [0.29, 0.717) is 11.9 Å². The van der Waals surface area contributed by atoms with Crippen molar-refractivity contribution >= 4 is 5.91 Å². The first-order valence-corrected chi connectivity index (χ1v) is 7.69. The third kappa shape index (κ3) is 2.87. The molecular weight excluding hydrogens is 224 g/mol. The van der Waals surface area contributed by atoms with Crippen LogP contribution < -0.4 is 5.32 Å². The lowest BCUT2D eigenvalue weighted by molar-refractivity contribution is -0.145. The topological polar surface area (TPSA) is 32.3 Å². The van der Waals surface area contributed by atoms with E-state index < -0.39 is 0 Å². The molecule has 104 valence electrons. The second kappa shape index (κ2) is 6.05. The van der Waals surface area contributed by atoms with E-state index in [9.17, 15) is 4.79 Å². The van der Waals surface area contributed by atoms with Gasteiger partial charge in [0.1, 0.15) is 0 Å². The molecule has 3 nitrogen and oxygen atoms in total. The van der Waals surface area contributed by atoms with E-state index in [-0.39, 0.29) is 5.41 Å². The van der Waals surface area contributed by atoms with Crippen molar-refractivity contribution in [1.29, 1.82) is 0 Å². The van der Waals surface area contributed by atoms with Crippen LogP contribution in [0.25, 0.3) is 0 Å². The molecule has 1 saturated heterocycles. The molecule has 2 rings (SSSR count). The Balaban J connectivity index is 2.03. The normalized spacial score (nSPS) is 24.8. The number of hydrogen-bond acceptors (Lipinski definition) is 2. The predicted octanol–water partition coefficient (Wildman–Crippen LogP) is 2.56. The van der Waals surface area contributed by atoms with Gasteiger partial charge in [0.05, 0.1) is 0 Å². The van der Waals surface area contributed by atoms with Gasteiger partial charge in [-0.05, 0) is 45.7 Å². The smallest absolute Gasteiger partial charge is 0.228 e. The predicted molar refractivity (Wildman–Crippen MR) is 74.5 cm³/mol. The number of rotatable bonds is 3. The zero-order chi connectivity index (χ0) is 13.0. The fourth-order valence-corrected chi connectivity index (χ4v) is 3.50. The Morgan fingerprint density at radius 3 is 2.39 bits per heavy atom. The zero-order valence-electron chi connectivity index (χ0n) is 12.0. The molecule has 0 unspecified atom stereocenters. The summed E-state index contributed by atoms with van der Waals surface area (Å²) in [5.74, 6) is 0.415. The van der Waals surface area contributed by atoms with Gasteiger partial charge in [-0.1, -0.05) is 26.2 Å². The van der Waals surface area contributed by atoms with Crippen molar-refractivity contribution in [2.75, 3.05) is 19.6 Å². The summed E-state index contributed by atoms with van der Waals surface area (Å²) in [4.78, 5) is 15.0. The molecule has 1 aliphatic carbocycles. The van der Waals surface area contributed by atoms with Crippen LogP contribution in [0.1, 0.15) is 58.8 Å². The first-order valence-electron chi connectivity index (χ1n) is 7.69. The Morgan fingerprint density at radius 1 is 1.22 bits per heavy atom. The number of hydrogen-bond donors (Lipinski definition) is 1. The van der Waals surface area contributed by atoms with Crippen LogP contribution >= 0.6 is 0 Å². The Hall–Kier alpha value is -0.570. The van der Waals surface area contributed by atoms with E-state index in [2.05, 4.69) is 24.1 Å². The van der Waals surface area contributed by atoms with Gasteiger partial charge in [-0.3, -0.25) is 4.79 Å². The molecule has 1 saturated carbocycles. The van der Waals surface area contributed by atoms with Crippen molar-refractivity contribution < 1.29 is 4.79 Å². The maximum Gasteiger partial charge on any atom is 0.228 e. The Labute approximate surface area is 111 Å². The lowest BCUT2D eigenvalue weighted by Crippen LogP contribution is -2.51. The van der Waals surface area contributed by atoms with E-state index in [4.69, 9.17) is 0 Å². The molecule has 0 spiro atoms. The summed E-state index contributed by atoms with van der Waals surface area (Å²) < 4.78 is 0. The van der Waals surface area contributed by atoms with Gasteiger partial charge in [0.15, 0.2) is 0 Å². The van der Waals surface area contributed by atoms with Crippen LogP contribution in [0.3, 0.4) is 0 Å². The van der Waals surface area contributed by atoms with Crippen LogP contribution in [0, 0.1) is 5.41 Å². The maximum atomic E-state index is 12.8. The molecule has 2 aliphatic rings. The number of carbonyl (C=O) groups excluding carboxylic acids is 1. The second-order valence-electron chi connectivity index (χ2n) is 6.19. The maximum absolute atomic E-state index is 12.8. The summed E-state index contributed by atoms with van der Waals surface area (Å²) in [6, 6.07) is 0.517. The average Bonchev–Trinajstić information content (AvgIpc) is 2.41. The summed E-state index contributed by atoms with van der Waals surface area (Å²) in [6.45, 7) is 7.17. The highest BCUT2D eigenvalue weighted by atomic mass is 16.2. The molecule has 0 atom stereocenters. The summed E-state index contributed by atoms with van der Waals surface area (Å²) in [6.07, 6.45) is 8.37. The minimum absolute atomic E-state index is 0.112. The largest absolute Gasteiger partial charge is 0.340 e. The Bertz CT molecular complexity index is 278. The summed E-state index contributed by atoms with van der Waals surface area (Å²) in [5.41, 5.74) is -0.112. The molecule has 0 aromatic carbocycles. The minimum atomic E-state index is -0.112. The lowest BCUT2D eigenvalue weighted by atomic mass is 9.78. The fourth-order valence-electron chi connectivity index (χ4n) is 3.50.